The van der Waals surface area contributed by atoms with E-state index in [4.69, 9.17) is 21.1 Å². The molecule has 6 nitrogen and oxygen atoms in total. The number of benzene rings is 2. The summed E-state index contributed by atoms with van der Waals surface area (Å²) in [5, 5.41) is 0.752. The van der Waals surface area contributed by atoms with Crippen LogP contribution in [0, 0.1) is 5.92 Å². The van der Waals surface area contributed by atoms with E-state index in [-0.39, 0.29) is 31.0 Å². The number of ether oxygens (including phenoxy) is 2. The van der Waals surface area contributed by atoms with Crippen LogP contribution >= 0.6 is 11.6 Å². The van der Waals surface area contributed by atoms with E-state index in [2.05, 4.69) is 30.0 Å². The molecule has 1 atom stereocenters. The van der Waals surface area contributed by atoms with Crippen LogP contribution in [-0.2, 0) is 16.1 Å². The number of nitrogens with zero attached hydrogens (tertiary/aromatic N) is 2. The van der Waals surface area contributed by atoms with Crippen LogP contribution in [0.15, 0.2) is 42.5 Å². The van der Waals surface area contributed by atoms with E-state index in [9.17, 15) is 9.59 Å². The van der Waals surface area contributed by atoms with Gasteiger partial charge in [0.25, 0.3) is 0 Å². The van der Waals surface area contributed by atoms with Crippen LogP contribution < -0.4 is 9.47 Å². The van der Waals surface area contributed by atoms with Crippen LogP contribution in [0.1, 0.15) is 62.6 Å². The molecule has 188 valence electrons. The molecule has 0 N–H and O–H groups in total. The van der Waals surface area contributed by atoms with Gasteiger partial charge in [-0.05, 0) is 61.1 Å². The summed E-state index contributed by atoms with van der Waals surface area (Å²) < 4.78 is 11.5. The van der Waals surface area contributed by atoms with Crippen LogP contribution in [0.5, 0.6) is 11.5 Å². The van der Waals surface area contributed by atoms with E-state index in [0.29, 0.717) is 24.3 Å². The molecule has 1 saturated heterocycles. The second-order valence-corrected chi connectivity index (χ2v) is 10.0. The van der Waals surface area contributed by atoms with Crippen molar-refractivity contribution in [1.82, 2.24) is 9.80 Å². The van der Waals surface area contributed by atoms with Crippen LogP contribution in [-0.4, -0.2) is 48.4 Å². The van der Waals surface area contributed by atoms with Crippen LogP contribution in [0.4, 0.5) is 0 Å². The molecule has 1 aliphatic carbocycles. The Hall–Kier alpha value is -2.57. The molecule has 2 aromatic rings. The lowest BCUT2D eigenvalue weighted by molar-refractivity contribution is -0.138. The summed E-state index contributed by atoms with van der Waals surface area (Å²) in [5.41, 5.74) is 2.41. The number of rotatable bonds is 11. The van der Waals surface area contributed by atoms with Crippen molar-refractivity contribution in [3.8, 4) is 11.5 Å². The SMILES string of the molecule is COc1cc(CN(CC2CCCC2)C(C)c2ccc(Cl)cc2)ccc1OCCN1C(=O)CCC1=O. The van der Waals surface area contributed by atoms with Crippen LogP contribution in [0.25, 0.3) is 0 Å². The van der Waals surface area contributed by atoms with Crippen LogP contribution in [0.2, 0.25) is 5.02 Å². The number of amides is 2. The second kappa shape index (κ2) is 11.9. The van der Waals surface area contributed by atoms with Crippen molar-refractivity contribution in [1.29, 1.82) is 0 Å². The van der Waals surface area contributed by atoms with Gasteiger partial charge >= 0.3 is 0 Å². The third-order valence-corrected chi connectivity index (χ3v) is 7.46. The lowest BCUT2D eigenvalue weighted by Crippen LogP contribution is -2.33. The summed E-state index contributed by atoms with van der Waals surface area (Å²) in [4.78, 5) is 27.4. The van der Waals surface area contributed by atoms with Crippen molar-refractivity contribution in [2.24, 2.45) is 5.92 Å². The minimum Gasteiger partial charge on any atom is -0.493 e. The van der Waals surface area contributed by atoms with Gasteiger partial charge in [-0.15, -0.1) is 0 Å². The number of methoxy groups -OCH3 is 1. The molecular formula is C28H35ClN2O4. The Morgan fingerprint density at radius 3 is 2.37 bits per heavy atom. The van der Waals surface area contributed by atoms with Gasteiger partial charge in [-0.25, -0.2) is 0 Å². The predicted octanol–water partition coefficient (Wildman–Crippen LogP) is 5.63. The number of carbonyl (C=O) groups is 2. The van der Waals surface area contributed by atoms with E-state index in [1.54, 1.807) is 7.11 Å². The number of imide groups is 1. The Morgan fingerprint density at radius 2 is 1.71 bits per heavy atom. The number of hydrogen-bond donors (Lipinski definition) is 0. The molecule has 1 heterocycles. The van der Waals surface area contributed by atoms with Gasteiger partial charge in [-0.1, -0.05) is 42.6 Å². The van der Waals surface area contributed by atoms with Gasteiger partial charge in [0.1, 0.15) is 6.61 Å². The molecular weight excluding hydrogens is 464 g/mol. The van der Waals surface area contributed by atoms with Crippen LogP contribution in [0.3, 0.4) is 0 Å². The fraction of sp³-hybridized carbons (Fsp3) is 0.500. The molecule has 7 heteroatoms. The van der Waals surface area contributed by atoms with E-state index in [0.717, 1.165) is 29.6 Å². The van der Waals surface area contributed by atoms with Crippen molar-refractivity contribution < 1.29 is 19.1 Å². The van der Waals surface area contributed by atoms with Gasteiger partial charge in [0.15, 0.2) is 11.5 Å². The Balaban J connectivity index is 1.44. The normalized spacial score (nSPS) is 17.4. The topological polar surface area (TPSA) is 59.1 Å². The Bertz CT molecular complexity index is 1000. The first kappa shape index (κ1) is 25.5. The maximum atomic E-state index is 11.8. The van der Waals surface area contributed by atoms with Gasteiger partial charge in [0.05, 0.1) is 13.7 Å². The first-order valence-electron chi connectivity index (χ1n) is 12.6. The molecule has 0 radical (unpaired) electrons. The summed E-state index contributed by atoms with van der Waals surface area (Å²) in [6, 6.07) is 14.4. The molecule has 0 bridgehead atoms. The molecule has 2 aromatic carbocycles. The monoisotopic (exact) mass is 498 g/mol. The Kier molecular flexibility index (Phi) is 8.69. The predicted molar refractivity (Wildman–Crippen MR) is 137 cm³/mol. The van der Waals surface area contributed by atoms with Crippen molar-refractivity contribution in [3.63, 3.8) is 0 Å². The molecule has 2 amide bonds. The third kappa shape index (κ3) is 6.56. The zero-order valence-electron chi connectivity index (χ0n) is 20.7. The van der Waals surface area contributed by atoms with E-state index in [1.165, 1.54) is 36.1 Å². The maximum absolute atomic E-state index is 11.8. The first-order chi connectivity index (χ1) is 16.9. The third-order valence-electron chi connectivity index (χ3n) is 7.21. The highest BCUT2D eigenvalue weighted by Crippen LogP contribution is 2.33. The largest absolute Gasteiger partial charge is 0.493 e. The average Bonchev–Trinajstić information content (AvgIpc) is 3.49. The van der Waals surface area contributed by atoms with Gasteiger partial charge in [-0.2, -0.15) is 0 Å². The van der Waals surface area contributed by atoms with E-state index < -0.39 is 0 Å². The summed E-state index contributed by atoms with van der Waals surface area (Å²) in [7, 11) is 1.63. The average molecular weight is 499 g/mol. The van der Waals surface area contributed by atoms with Gasteiger partial charge < -0.3 is 9.47 Å². The molecule has 0 aromatic heterocycles. The smallest absolute Gasteiger partial charge is 0.229 e. The van der Waals surface area contributed by atoms with Gasteiger partial charge in [-0.3, -0.25) is 19.4 Å². The molecule has 1 aliphatic heterocycles. The molecule has 2 fully saturated rings. The fourth-order valence-electron chi connectivity index (χ4n) is 5.12. The number of halogens is 1. The molecule has 1 unspecified atom stereocenters. The van der Waals surface area contributed by atoms with Gasteiger partial charge in [0.2, 0.25) is 11.8 Å². The summed E-state index contributed by atoms with van der Waals surface area (Å²) in [6.45, 7) is 4.62. The van der Waals surface area contributed by atoms with Crippen molar-refractivity contribution >= 4 is 23.4 Å². The number of carbonyl (C=O) groups excluding carboxylic acids is 2. The maximum Gasteiger partial charge on any atom is 0.229 e. The lowest BCUT2D eigenvalue weighted by atomic mass is 10.0. The number of hydrogen-bond acceptors (Lipinski definition) is 5. The van der Waals surface area contributed by atoms with E-state index in [1.807, 2.05) is 24.3 Å². The molecule has 1 saturated carbocycles. The van der Waals surface area contributed by atoms with Gasteiger partial charge in [0, 0.05) is 37.0 Å². The highest BCUT2D eigenvalue weighted by molar-refractivity contribution is 6.30. The Morgan fingerprint density at radius 1 is 1.03 bits per heavy atom. The van der Waals surface area contributed by atoms with Crippen molar-refractivity contribution in [3.05, 3.63) is 58.6 Å². The highest BCUT2D eigenvalue weighted by Gasteiger charge is 2.28. The zero-order chi connectivity index (χ0) is 24.8. The summed E-state index contributed by atoms with van der Waals surface area (Å²) >= 11 is 6.12. The molecule has 0 spiro atoms. The lowest BCUT2D eigenvalue weighted by Gasteiger charge is -2.32. The number of likely N-dealkylation sites (tertiary alicyclic amines) is 1. The first-order valence-corrected chi connectivity index (χ1v) is 12.9. The minimum atomic E-state index is -0.127. The summed E-state index contributed by atoms with van der Waals surface area (Å²) in [5.74, 6) is 1.74. The zero-order valence-corrected chi connectivity index (χ0v) is 21.4. The standard InChI is InChI=1S/C28H35ClN2O4/c1-20(23-8-10-24(29)11-9-23)30(18-21-5-3-4-6-21)19-22-7-12-25(26(17-22)34-2)35-16-15-31-27(32)13-14-28(31)33/h7-12,17,20-21H,3-6,13-16,18-19H2,1-2H3. The molecule has 4 rings (SSSR count). The quantitative estimate of drug-likeness (QED) is 0.376. The van der Waals surface area contributed by atoms with E-state index >= 15 is 0 Å². The highest BCUT2D eigenvalue weighted by atomic mass is 35.5. The second-order valence-electron chi connectivity index (χ2n) is 9.58. The Labute approximate surface area is 213 Å². The fourth-order valence-corrected chi connectivity index (χ4v) is 5.25. The molecule has 35 heavy (non-hydrogen) atoms. The summed E-state index contributed by atoms with van der Waals surface area (Å²) in [6.07, 6.45) is 5.82. The van der Waals surface area contributed by atoms with Crippen molar-refractivity contribution in [2.75, 3.05) is 26.8 Å². The van der Waals surface area contributed by atoms with Crippen molar-refractivity contribution in [2.45, 2.75) is 58.0 Å². The minimum absolute atomic E-state index is 0.127. The molecule has 2 aliphatic rings.